The molecule has 62 valence electrons. The zero-order valence-corrected chi connectivity index (χ0v) is 8.77. The summed E-state index contributed by atoms with van der Waals surface area (Å²) in [7, 11) is 0. The molecule has 0 aromatic heterocycles. The molecule has 0 fully saturated rings. The normalized spacial score (nSPS) is 9.50. The van der Waals surface area contributed by atoms with Crippen molar-refractivity contribution in [1.29, 1.82) is 5.26 Å². The molecule has 0 heterocycles. The first kappa shape index (κ1) is 9.28. The van der Waals surface area contributed by atoms with Crippen LogP contribution in [-0.4, -0.2) is 0 Å². The number of alkyl halides is 1. The second-order valence-corrected chi connectivity index (χ2v) is 3.36. The average Bonchev–Trinajstić information content (AvgIpc) is 2.08. The molecule has 0 amide bonds. The van der Waals surface area contributed by atoms with Crippen molar-refractivity contribution in [3.05, 3.63) is 34.4 Å². The summed E-state index contributed by atoms with van der Waals surface area (Å²) >= 11 is 3.38. The van der Waals surface area contributed by atoms with Crippen molar-refractivity contribution in [3.63, 3.8) is 0 Å². The highest BCUT2D eigenvalue weighted by molar-refractivity contribution is 9.08. The Hall–Kier alpha value is -0.810. The maximum atomic E-state index is 8.88. The van der Waals surface area contributed by atoms with Gasteiger partial charge < -0.3 is 0 Å². The fourth-order valence-corrected chi connectivity index (χ4v) is 1.92. The number of nitriles is 1. The average molecular weight is 224 g/mol. The summed E-state index contributed by atoms with van der Waals surface area (Å²) in [5.74, 6) is 0. The van der Waals surface area contributed by atoms with Gasteiger partial charge in [0.25, 0.3) is 0 Å². The third-order valence-electron chi connectivity index (χ3n) is 2.00. The maximum absolute atomic E-state index is 8.88. The standard InChI is InChI=1S/C10H10BrN/c1-7-3-4-8(2)10(6-12)9(7)5-11/h3-4H,5H2,1-2H3. The maximum Gasteiger partial charge on any atom is 0.0997 e. The van der Waals surface area contributed by atoms with Crippen molar-refractivity contribution in [2.24, 2.45) is 0 Å². The Bertz CT molecular complexity index is 336. The summed E-state index contributed by atoms with van der Waals surface area (Å²) in [6.45, 7) is 3.99. The van der Waals surface area contributed by atoms with Gasteiger partial charge >= 0.3 is 0 Å². The Morgan fingerprint density at radius 1 is 1.33 bits per heavy atom. The first-order chi connectivity index (χ1) is 5.70. The van der Waals surface area contributed by atoms with E-state index in [0.29, 0.717) is 0 Å². The van der Waals surface area contributed by atoms with Crippen molar-refractivity contribution in [2.45, 2.75) is 19.2 Å². The van der Waals surface area contributed by atoms with Gasteiger partial charge in [-0.1, -0.05) is 28.1 Å². The topological polar surface area (TPSA) is 23.8 Å². The predicted octanol–water partition coefficient (Wildman–Crippen LogP) is 3.07. The lowest BCUT2D eigenvalue weighted by atomic mass is 10.00. The summed E-state index contributed by atoms with van der Waals surface area (Å²) < 4.78 is 0. The molecule has 0 bridgehead atoms. The van der Waals surface area contributed by atoms with E-state index in [1.165, 1.54) is 5.56 Å². The largest absolute Gasteiger partial charge is 0.192 e. The van der Waals surface area contributed by atoms with Crippen LogP contribution in [0.4, 0.5) is 0 Å². The number of aryl methyl sites for hydroxylation is 2. The summed E-state index contributed by atoms with van der Waals surface area (Å²) in [5, 5.41) is 9.64. The second-order valence-electron chi connectivity index (χ2n) is 2.80. The third kappa shape index (κ3) is 1.51. The van der Waals surface area contributed by atoms with E-state index in [-0.39, 0.29) is 0 Å². The quantitative estimate of drug-likeness (QED) is 0.672. The van der Waals surface area contributed by atoms with Gasteiger partial charge in [-0.05, 0) is 30.5 Å². The van der Waals surface area contributed by atoms with Crippen LogP contribution in [0.2, 0.25) is 0 Å². The first-order valence-electron chi connectivity index (χ1n) is 3.76. The van der Waals surface area contributed by atoms with Gasteiger partial charge in [0.05, 0.1) is 11.6 Å². The van der Waals surface area contributed by atoms with Gasteiger partial charge in [0, 0.05) is 5.33 Å². The SMILES string of the molecule is Cc1ccc(C)c(CBr)c1C#N. The van der Waals surface area contributed by atoms with Crippen LogP contribution in [0.15, 0.2) is 12.1 Å². The van der Waals surface area contributed by atoms with Crippen molar-refractivity contribution in [2.75, 3.05) is 0 Å². The Labute approximate surface area is 81.2 Å². The third-order valence-corrected chi connectivity index (χ3v) is 2.56. The van der Waals surface area contributed by atoms with Crippen LogP contribution in [0.1, 0.15) is 22.3 Å². The minimum absolute atomic E-state index is 0.753. The molecule has 0 saturated heterocycles. The minimum atomic E-state index is 0.753. The van der Waals surface area contributed by atoms with Gasteiger partial charge in [-0.15, -0.1) is 0 Å². The van der Waals surface area contributed by atoms with Crippen LogP contribution in [0.25, 0.3) is 0 Å². The van der Waals surface area contributed by atoms with Crippen LogP contribution >= 0.6 is 15.9 Å². The van der Waals surface area contributed by atoms with E-state index in [4.69, 9.17) is 5.26 Å². The van der Waals surface area contributed by atoms with E-state index in [1.807, 2.05) is 26.0 Å². The molecule has 0 spiro atoms. The summed E-state index contributed by atoms with van der Waals surface area (Å²) in [6, 6.07) is 6.26. The fourth-order valence-electron chi connectivity index (χ4n) is 1.20. The number of rotatable bonds is 1. The molecule has 0 unspecified atom stereocenters. The van der Waals surface area contributed by atoms with E-state index < -0.39 is 0 Å². The zero-order valence-electron chi connectivity index (χ0n) is 7.19. The lowest BCUT2D eigenvalue weighted by molar-refractivity contribution is 1.25. The molecule has 1 rings (SSSR count). The molecule has 0 saturated carbocycles. The highest BCUT2D eigenvalue weighted by atomic mass is 79.9. The molecule has 1 aromatic carbocycles. The van der Waals surface area contributed by atoms with Gasteiger partial charge in [-0.25, -0.2) is 0 Å². The van der Waals surface area contributed by atoms with E-state index in [2.05, 4.69) is 22.0 Å². The summed E-state index contributed by atoms with van der Waals surface area (Å²) in [5.41, 5.74) is 4.15. The number of hydrogen-bond donors (Lipinski definition) is 0. The molecule has 12 heavy (non-hydrogen) atoms. The monoisotopic (exact) mass is 223 g/mol. The highest BCUT2D eigenvalue weighted by Crippen LogP contribution is 2.19. The minimum Gasteiger partial charge on any atom is -0.192 e. The predicted molar refractivity (Wildman–Crippen MR) is 53.3 cm³/mol. The summed E-state index contributed by atoms with van der Waals surface area (Å²) in [4.78, 5) is 0. The number of benzene rings is 1. The van der Waals surface area contributed by atoms with Gasteiger partial charge in [0.2, 0.25) is 0 Å². The van der Waals surface area contributed by atoms with Crippen LogP contribution in [0.5, 0.6) is 0 Å². The van der Waals surface area contributed by atoms with Crippen molar-refractivity contribution >= 4 is 15.9 Å². The Morgan fingerprint density at radius 3 is 2.33 bits per heavy atom. The van der Waals surface area contributed by atoms with E-state index >= 15 is 0 Å². The Kier molecular flexibility index (Phi) is 2.88. The molecular formula is C10H10BrN. The van der Waals surface area contributed by atoms with E-state index in [1.54, 1.807) is 0 Å². The van der Waals surface area contributed by atoms with Crippen molar-refractivity contribution < 1.29 is 0 Å². The molecule has 0 radical (unpaired) electrons. The Balaban J connectivity index is 3.41. The van der Waals surface area contributed by atoms with Crippen molar-refractivity contribution in [1.82, 2.24) is 0 Å². The smallest absolute Gasteiger partial charge is 0.0997 e. The van der Waals surface area contributed by atoms with Gasteiger partial charge in [0.15, 0.2) is 0 Å². The molecule has 1 aromatic rings. The van der Waals surface area contributed by atoms with E-state index in [0.717, 1.165) is 22.0 Å². The van der Waals surface area contributed by atoms with Crippen LogP contribution in [0.3, 0.4) is 0 Å². The zero-order chi connectivity index (χ0) is 9.14. The molecule has 0 N–H and O–H groups in total. The molecule has 0 aliphatic rings. The molecule has 0 aliphatic carbocycles. The van der Waals surface area contributed by atoms with E-state index in [9.17, 15) is 0 Å². The number of halogens is 1. The van der Waals surface area contributed by atoms with Crippen LogP contribution < -0.4 is 0 Å². The number of hydrogen-bond acceptors (Lipinski definition) is 1. The Morgan fingerprint density at radius 2 is 1.92 bits per heavy atom. The van der Waals surface area contributed by atoms with Gasteiger partial charge in [-0.2, -0.15) is 5.26 Å². The number of nitrogens with zero attached hydrogens (tertiary/aromatic N) is 1. The summed E-state index contributed by atoms with van der Waals surface area (Å²) in [6.07, 6.45) is 0. The molecule has 0 aliphatic heterocycles. The van der Waals surface area contributed by atoms with Gasteiger partial charge in [0.1, 0.15) is 0 Å². The van der Waals surface area contributed by atoms with Gasteiger partial charge in [-0.3, -0.25) is 0 Å². The molecular weight excluding hydrogens is 214 g/mol. The van der Waals surface area contributed by atoms with Crippen LogP contribution in [0, 0.1) is 25.2 Å². The van der Waals surface area contributed by atoms with Crippen molar-refractivity contribution in [3.8, 4) is 6.07 Å². The highest BCUT2D eigenvalue weighted by Gasteiger charge is 2.06. The first-order valence-corrected chi connectivity index (χ1v) is 4.88. The molecule has 2 heteroatoms. The lowest BCUT2D eigenvalue weighted by Crippen LogP contribution is -1.93. The molecule has 0 atom stereocenters. The molecule has 1 nitrogen and oxygen atoms in total. The van der Waals surface area contributed by atoms with Crippen LogP contribution in [-0.2, 0) is 5.33 Å². The fraction of sp³-hybridized carbons (Fsp3) is 0.300. The lowest BCUT2D eigenvalue weighted by Gasteiger charge is -2.06. The second kappa shape index (κ2) is 3.73.